The van der Waals surface area contributed by atoms with Crippen molar-refractivity contribution in [3.63, 3.8) is 0 Å². The third-order valence-corrected chi connectivity index (χ3v) is 3.40. The number of ether oxygens (including phenoxy) is 1. The molecule has 24 heavy (non-hydrogen) atoms. The maximum atomic E-state index is 14.1. The molecule has 0 heterocycles. The van der Waals surface area contributed by atoms with E-state index in [1.54, 1.807) is 0 Å². The standard InChI is InChI=1S/C18H16F2O4/c1-24-16-10-12(6-7-15(16)21)8-9-18(19,20)11-13-4-2-3-5-14(13)17(22)23/h2-10,21H,11H2,1H3,(H,22,23)/b9-8+. The Bertz CT molecular complexity index is 769. The van der Waals surface area contributed by atoms with E-state index in [-0.39, 0.29) is 22.6 Å². The van der Waals surface area contributed by atoms with Crippen molar-refractivity contribution in [2.75, 3.05) is 7.11 Å². The number of phenolic OH excluding ortho intramolecular Hbond substituents is 1. The van der Waals surface area contributed by atoms with Gasteiger partial charge in [-0.05, 0) is 35.4 Å². The topological polar surface area (TPSA) is 66.8 Å². The number of carbonyl (C=O) groups is 1. The summed E-state index contributed by atoms with van der Waals surface area (Å²) < 4.78 is 33.2. The van der Waals surface area contributed by atoms with Gasteiger partial charge in [0.15, 0.2) is 11.5 Å². The SMILES string of the molecule is COc1cc(/C=C/C(F)(F)Cc2ccccc2C(=O)O)ccc1O. The minimum Gasteiger partial charge on any atom is -0.504 e. The molecule has 2 N–H and O–H groups in total. The van der Waals surface area contributed by atoms with Gasteiger partial charge in [0.05, 0.1) is 12.7 Å². The zero-order valence-corrected chi connectivity index (χ0v) is 12.9. The van der Waals surface area contributed by atoms with Crippen molar-refractivity contribution in [3.05, 3.63) is 65.2 Å². The zero-order chi connectivity index (χ0) is 17.7. The number of phenols is 1. The number of rotatable bonds is 6. The van der Waals surface area contributed by atoms with Crippen LogP contribution in [-0.2, 0) is 6.42 Å². The molecule has 0 fully saturated rings. The summed E-state index contributed by atoms with van der Waals surface area (Å²) in [6, 6.07) is 9.91. The van der Waals surface area contributed by atoms with Crippen molar-refractivity contribution in [3.8, 4) is 11.5 Å². The van der Waals surface area contributed by atoms with Crippen molar-refractivity contribution >= 4 is 12.0 Å². The van der Waals surface area contributed by atoms with E-state index in [1.165, 1.54) is 55.7 Å². The molecule has 0 aromatic heterocycles. The Morgan fingerprint density at radius 2 is 1.96 bits per heavy atom. The lowest BCUT2D eigenvalue weighted by Crippen LogP contribution is -2.18. The molecule has 2 aromatic carbocycles. The second-order valence-corrected chi connectivity index (χ2v) is 5.16. The molecule has 0 saturated heterocycles. The molecular formula is C18H16F2O4. The summed E-state index contributed by atoms with van der Waals surface area (Å²) in [5.74, 6) is -4.38. The first kappa shape index (κ1) is 17.5. The predicted molar refractivity (Wildman–Crippen MR) is 85.7 cm³/mol. The molecule has 0 atom stereocenters. The Hall–Kier alpha value is -2.89. The number of carboxylic acids is 1. The zero-order valence-electron chi connectivity index (χ0n) is 12.9. The third kappa shape index (κ3) is 4.32. The van der Waals surface area contributed by atoms with Gasteiger partial charge in [-0.25, -0.2) is 13.6 Å². The lowest BCUT2D eigenvalue weighted by Gasteiger charge is -2.13. The molecule has 0 aliphatic carbocycles. The Labute approximate surface area is 137 Å². The normalized spacial score (nSPS) is 11.6. The Morgan fingerprint density at radius 1 is 1.25 bits per heavy atom. The molecule has 0 amide bonds. The second kappa shape index (κ2) is 7.12. The summed E-state index contributed by atoms with van der Waals surface area (Å²) in [6.07, 6.45) is 1.18. The first-order valence-electron chi connectivity index (χ1n) is 7.07. The second-order valence-electron chi connectivity index (χ2n) is 5.16. The van der Waals surface area contributed by atoms with E-state index in [0.717, 1.165) is 0 Å². The average Bonchev–Trinajstić information content (AvgIpc) is 2.54. The van der Waals surface area contributed by atoms with E-state index in [4.69, 9.17) is 9.84 Å². The van der Waals surface area contributed by atoms with Crippen LogP contribution in [0.5, 0.6) is 11.5 Å². The summed E-state index contributed by atoms with van der Waals surface area (Å²) in [5, 5.41) is 18.5. The highest BCUT2D eigenvalue weighted by Gasteiger charge is 2.27. The number of aromatic carboxylic acids is 1. The number of halogens is 2. The monoisotopic (exact) mass is 334 g/mol. The molecule has 126 valence electrons. The quantitative estimate of drug-likeness (QED) is 0.838. The van der Waals surface area contributed by atoms with Gasteiger partial charge in [-0.15, -0.1) is 0 Å². The van der Waals surface area contributed by atoms with Gasteiger partial charge in [-0.3, -0.25) is 0 Å². The molecule has 0 spiro atoms. The molecule has 0 aliphatic rings. The van der Waals surface area contributed by atoms with Gasteiger partial charge in [-0.1, -0.05) is 30.3 Å². The Balaban J connectivity index is 2.21. The van der Waals surface area contributed by atoms with Crippen LogP contribution in [0.4, 0.5) is 8.78 Å². The number of benzene rings is 2. The van der Waals surface area contributed by atoms with Crippen LogP contribution in [0.15, 0.2) is 48.5 Å². The fourth-order valence-corrected chi connectivity index (χ4v) is 2.21. The number of methoxy groups -OCH3 is 1. The summed E-state index contributed by atoms with van der Waals surface area (Å²) in [5.41, 5.74) is 0.343. The maximum absolute atomic E-state index is 14.1. The summed E-state index contributed by atoms with van der Waals surface area (Å²) >= 11 is 0. The van der Waals surface area contributed by atoms with Gasteiger partial charge >= 0.3 is 5.97 Å². The average molecular weight is 334 g/mol. The lowest BCUT2D eigenvalue weighted by atomic mass is 10.0. The van der Waals surface area contributed by atoms with Gasteiger partial charge in [-0.2, -0.15) is 0 Å². The molecule has 0 aliphatic heterocycles. The van der Waals surface area contributed by atoms with Crippen molar-refractivity contribution in [2.45, 2.75) is 12.3 Å². The molecule has 6 heteroatoms. The highest BCUT2D eigenvalue weighted by Crippen LogP contribution is 2.29. The minimum atomic E-state index is -3.23. The Kier molecular flexibility index (Phi) is 5.18. The van der Waals surface area contributed by atoms with Crippen LogP contribution >= 0.6 is 0 Å². The molecule has 2 rings (SSSR count). The minimum absolute atomic E-state index is 0.0583. The van der Waals surface area contributed by atoms with Gasteiger partial charge in [0.1, 0.15) is 0 Å². The van der Waals surface area contributed by atoms with Crippen molar-refractivity contribution in [1.82, 2.24) is 0 Å². The molecule has 0 bridgehead atoms. The summed E-state index contributed by atoms with van der Waals surface area (Å²) in [6.45, 7) is 0. The van der Waals surface area contributed by atoms with Crippen LogP contribution < -0.4 is 4.74 Å². The van der Waals surface area contributed by atoms with Crippen molar-refractivity contribution in [2.24, 2.45) is 0 Å². The van der Waals surface area contributed by atoms with E-state index in [1.807, 2.05) is 0 Å². The van der Waals surface area contributed by atoms with Crippen LogP contribution in [0, 0.1) is 0 Å². The van der Waals surface area contributed by atoms with Crippen LogP contribution in [0.3, 0.4) is 0 Å². The summed E-state index contributed by atoms with van der Waals surface area (Å²) in [4.78, 5) is 11.1. The first-order valence-corrected chi connectivity index (χ1v) is 7.07. The van der Waals surface area contributed by atoms with Gasteiger partial charge < -0.3 is 14.9 Å². The van der Waals surface area contributed by atoms with Gasteiger partial charge in [0.25, 0.3) is 5.92 Å². The number of hydrogen-bond acceptors (Lipinski definition) is 3. The van der Waals surface area contributed by atoms with Crippen LogP contribution in [0.25, 0.3) is 6.08 Å². The van der Waals surface area contributed by atoms with Crippen molar-refractivity contribution in [1.29, 1.82) is 0 Å². The molecule has 4 nitrogen and oxygen atoms in total. The number of alkyl halides is 2. The van der Waals surface area contributed by atoms with Gasteiger partial charge in [0, 0.05) is 6.42 Å². The number of hydrogen-bond donors (Lipinski definition) is 2. The van der Waals surface area contributed by atoms with Crippen LogP contribution in [0.2, 0.25) is 0 Å². The predicted octanol–water partition coefficient (Wildman–Crippen LogP) is 3.99. The molecule has 0 unspecified atom stereocenters. The Morgan fingerprint density at radius 3 is 2.62 bits per heavy atom. The molecule has 0 saturated carbocycles. The number of carboxylic acid groups (broad SMARTS) is 1. The van der Waals surface area contributed by atoms with Crippen molar-refractivity contribution < 1.29 is 28.5 Å². The molecule has 2 aromatic rings. The highest BCUT2D eigenvalue weighted by molar-refractivity contribution is 5.89. The smallest absolute Gasteiger partial charge is 0.335 e. The number of aromatic hydroxyl groups is 1. The van der Waals surface area contributed by atoms with E-state index < -0.39 is 18.3 Å². The molecular weight excluding hydrogens is 318 g/mol. The maximum Gasteiger partial charge on any atom is 0.335 e. The van der Waals surface area contributed by atoms with E-state index >= 15 is 0 Å². The molecule has 0 radical (unpaired) electrons. The lowest BCUT2D eigenvalue weighted by molar-refractivity contribution is 0.0557. The van der Waals surface area contributed by atoms with E-state index in [9.17, 15) is 18.7 Å². The highest BCUT2D eigenvalue weighted by atomic mass is 19.3. The largest absolute Gasteiger partial charge is 0.504 e. The van der Waals surface area contributed by atoms with Gasteiger partial charge in [0.2, 0.25) is 0 Å². The first-order chi connectivity index (χ1) is 11.3. The fourth-order valence-electron chi connectivity index (χ4n) is 2.21. The van der Waals surface area contributed by atoms with E-state index in [2.05, 4.69) is 0 Å². The third-order valence-electron chi connectivity index (χ3n) is 3.40. The fraction of sp³-hybridized carbons (Fsp3) is 0.167. The van der Waals surface area contributed by atoms with Crippen LogP contribution in [-0.4, -0.2) is 29.2 Å². The van der Waals surface area contributed by atoms with Crippen LogP contribution in [0.1, 0.15) is 21.5 Å². The van der Waals surface area contributed by atoms with E-state index in [0.29, 0.717) is 11.6 Å². The summed E-state index contributed by atoms with van der Waals surface area (Å²) in [7, 11) is 1.36. The number of allylic oxidation sites excluding steroid dienone is 1.